The Balaban J connectivity index is 2.81. The van der Waals surface area contributed by atoms with E-state index in [-0.39, 0.29) is 34.6 Å². The van der Waals surface area contributed by atoms with Crippen LogP contribution < -0.4 is 0 Å². The number of hydrogen-bond acceptors (Lipinski definition) is 3. The fourth-order valence-corrected chi connectivity index (χ4v) is 2.34. The summed E-state index contributed by atoms with van der Waals surface area (Å²) in [5.74, 6) is -1.01. The van der Waals surface area contributed by atoms with Crippen LogP contribution in [-0.4, -0.2) is 11.9 Å². The highest BCUT2D eigenvalue weighted by Crippen LogP contribution is 2.39. The smallest absolute Gasteiger partial charge is 0.317 e. The molecule has 0 N–H and O–H groups in total. The first kappa shape index (κ1) is 14.2. The SMILES string of the molecule is CC(C)(C)CC1CC(C(C)(C)C)C(=O)OC1=O. The standard InChI is InChI=1S/C14H24O3/c1-13(2,3)8-9-7-10(14(4,5)6)12(16)17-11(9)15/h9-10H,7-8H2,1-6H3. The van der Waals surface area contributed by atoms with Gasteiger partial charge in [0.05, 0.1) is 11.8 Å². The van der Waals surface area contributed by atoms with Crippen molar-refractivity contribution in [1.29, 1.82) is 0 Å². The summed E-state index contributed by atoms with van der Waals surface area (Å²) < 4.78 is 4.91. The molecule has 3 nitrogen and oxygen atoms in total. The highest BCUT2D eigenvalue weighted by molar-refractivity contribution is 5.91. The first-order chi connectivity index (χ1) is 7.50. The van der Waals surface area contributed by atoms with E-state index in [0.717, 1.165) is 6.42 Å². The monoisotopic (exact) mass is 240 g/mol. The van der Waals surface area contributed by atoms with E-state index in [1.54, 1.807) is 0 Å². The van der Waals surface area contributed by atoms with Gasteiger partial charge in [0.1, 0.15) is 0 Å². The first-order valence-corrected chi connectivity index (χ1v) is 6.26. The molecule has 2 unspecified atom stereocenters. The molecule has 0 aromatic carbocycles. The molecule has 0 aliphatic carbocycles. The molecule has 0 aromatic heterocycles. The molecule has 2 atom stereocenters. The summed E-state index contributed by atoms with van der Waals surface area (Å²) in [6.07, 6.45) is 1.39. The van der Waals surface area contributed by atoms with Crippen LogP contribution in [0.2, 0.25) is 0 Å². The number of ether oxygens (including phenoxy) is 1. The lowest BCUT2D eigenvalue weighted by molar-refractivity contribution is -0.176. The van der Waals surface area contributed by atoms with E-state index in [0.29, 0.717) is 6.42 Å². The van der Waals surface area contributed by atoms with E-state index >= 15 is 0 Å². The van der Waals surface area contributed by atoms with Crippen molar-refractivity contribution >= 4 is 11.9 Å². The zero-order valence-corrected chi connectivity index (χ0v) is 11.8. The molecular weight excluding hydrogens is 216 g/mol. The van der Waals surface area contributed by atoms with Crippen LogP contribution in [-0.2, 0) is 14.3 Å². The van der Waals surface area contributed by atoms with Crippen molar-refractivity contribution in [2.75, 3.05) is 0 Å². The van der Waals surface area contributed by atoms with E-state index < -0.39 is 0 Å². The predicted molar refractivity (Wildman–Crippen MR) is 66.2 cm³/mol. The average Bonchev–Trinajstić information content (AvgIpc) is 2.05. The minimum Gasteiger partial charge on any atom is -0.393 e. The van der Waals surface area contributed by atoms with E-state index in [4.69, 9.17) is 4.74 Å². The molecule has 0 radical (unpaired) electrons. The lowest BCUT2D eigenvalue weighted by Gasteiger charge is -2.36. The molecule has 1 aliphatic heterocycles. The molecule has 98 valence electrons. The molecule has 0 saturated carbocycles. The second kappa shape index (κ2) is 4.43. The molecule has 1 heterocycles. The zero-order valence-electron chi connectivity index (χ0n) is 11.8. The topological polar surface area (TPSA) is 43.4 Å². The normalized spacial score (nSPS) is 26.9. The zero-order chi connectivity index (χ0) is 13.4. The van der Waals surface area contributed by atoms with Gasteiger partial charge in [-0.1, -0.05) is 41.5 Å². The van der Waals surface area contributed by atoms with Gasteiger partial charge in [-0.2, -0.15) is 0 Å². The van der Waals surface area contributed by atoms with Gasteiger partial charge in [-0.25, -0.2) is 0 Å². The molecule has 0 spiro atoms. The molecule has 17 heavy (non-hydrogen) atoms. The fourth-order valence-electron chi connectivity index (χ4n) is 2.34. The van der Waals surface area contributed by atoms with Crippen molar-refractivity contribution in [3.8, 4) is 0 Å². The lowest BCUT2D eigenvalue weighted by Crippen LogP contribution is -2.42. The van der Waals surface area contributed by atoms with Gasteiger partial charge in [0.15, 0.2) is 0 Å². The summed E-state index contributed by atoms with van der Waals surface area (Å²) in [5.41, 5.74) is -0.0690. The van der Waals surface area contributed by atoms with Gasteiger partial charge in [0.2, 0.25) is 0 Å². The minimum absolute atomic E-state index is 0.0759. The molecule has 0 bridgehead atoms. The number of cyclic esters (lactones) is 2. The Bertz CT molecular complexity index is 317. The van der Waals surface area contributed by atoms with Crippen molar-refractivity contribution in [1.82, 2.24) is 0 Å². The van der Waals surface area contributed by atoms with Crippen LogP contribution in [0.4, 0.5) is 0 Å². The van der Waals surface area contributed by atoms with Crippen LogP contribution in [0.25, 0.3) is 0 Å². The summed E-state index contributed by atoms with van der Waals surface area (Å²) >= 11 is 0. The molecule has 1 aliphatic rings. The average molecular weight is 240 g/mol. The summed E-state index contributed by atoms with van der Waals surface area (Å²) in [6, 6.07) is 0. The Hall–Kier alpha value is -0.860. The molecule has 1 saturated heterocycles. The van der Waals surface area contributed by atoms with Crippen LogP contribution in [0.5, 0.6) is 0 Å². The van der Waals surface area contributed by atoms with Gasteiger partial charge in [-0.3, -0.25) is 9.59 Å². The van der Waals surface area contributed by atoms with Crippen molar-refractivity contribution in [3.05, 3.63) is 0 Å². The third-order valence-corrected chi connectivity index (χ3v) is 3.24. The molecule has 0 aromatic rings. The van der Waals surface area contributed by atoms with Gasteiger partial charge in [0.25, 0.3) is 0 Å². The maximum absolute atomic E-state index is 11.7. The highest BCUT2D eigenvalue weighted by Gasteiger charge is 2.43. The highest BCUT2D eigenvalue weighted by atomic mass is 16.6. The fraction of sp³-hybridized carbons (Fsp3) is 0.857. The van der Waals surface area contributed by atoms with Crippen molar-refractivity contribution in [2.45, 2.75) is 54.4 Å². The molecule has 1 rings (SSSR count). The van der Waals surface area contributed by atoms with Crippen LogP contribution in [0, 0.1) is 22.7 Å². The largest absolute Gasteiger partial charge is 0.393 e. The Labute approximate surface area is 104 Å². The van der Waals surface area contributed by atoms with Crippen molar-refractivity contribution < 1.29 is 14.3 Å². The Morgan fingerprint density at radius 2 is 1.59 bits per heavy atom. The van der Waals surface area contributed by atoms with Gasteiger partial charge >= 0.3 is 11.9 Å². The summed E-state index contributed by atoms with van der Waals surface area (Å²) in [7, 11) is 0. The number of esters is 2. The maximum atomic E-state index is 11.7. The summed E-state index contributed by atoms with van der Waals surface area (Å²) in [4.78, 5) is 23.4. The Morgan fingerprint density at radius 3 is 2.00 bits per heavy atom. The second-order valence-corrected chi connectivity index (χ2v) is 7.36. The number of carbonyl (C=O) groups excluding carboxylic acids is 2. The minimum atomic E-state index is -0.354. The van der Waals surface area contributed by atoms with Gasteiger partial charge < -0.3 is 4.74 Å². The van der Waals surface area contributed by atoms with Crippen LogP contribution in [0.3, 0.4) is 0 Å². The predicted octanol–water partition coefficient (Wildman–Crippen LogP) is 3.17. The van der Waals surface area contributed by atoms with Crippen molar-refractivity contribution in [3.63, 3.8) is 0 Å². The van der Waals surface area contributed by atoms with Gasteiger partial charge in [0, 0.05) is 0 Å². The van der Waals surface area contributed by atoms with Crippen LogP contribution in [0.15, 0.2) is 0 Å². The van der Waals surface area contributed by atoms with E-state index in [1.807, 2.05) is 20.8 Å². The number of hydrogen-bond donors (Lipinski definition) is 0. The molecule has 1 fully saturated rings. The molecule has 0 amide bonds. The third kappa shape index (κ3) is 3.83. The van der Waals surface area contributed by atoms with Gasteiger partial charge in [-0.05, 0) is 23.7 Å². The van der Waals surface area contributed by atoms with E-state index in [9.17, 15) is 9.59 Å². The van der Waals surface area contributed by atoms with Gasteiger partial charge in [-0.15, -0.1) is 0 Å². The Morgan fingerprint density at radius 1 is 1.06 bits per heavy atom. The number of carbonyl (C=O) groups is 2. The van der Waals surface area contributed by atoms with E-state index in [2.05, 4.69) is 20.8 Å². The molecular formula is C14H24O3. The first-order valence-electron chi connectivity index (χ1n) is 6.26. The Kier molecular flexibility index (Phi) is 3.70. The summed E-state index contributed by atoms with van der Waals surface area (Å²) in [5, 5.41) is 0. The number of rotatable bonds is 1. The quantitative estimate of drug-likeness (QED) is 0.522. The van der Waals surface area contributed by atoms with Crippen molar-refractivity contribution in [2.24, 2.45) is 22.7 Å². The summed E-state index contributed by atoms with van der Waals surface area (Å²) in [6.45, 7) is 12.4. The second-order valence-electron chi connectivity index (χ2n) is 7.36. The van der Waals surface area contributed by atoms with E-state index in [1.165, 1.54) is 0 Å². The van der Waals surface area contributed by atoms with Crippen LogP contribution in [0.1, 0.15) is 54.4 Å². The van der Waals surface area contributed by atoms with Crippen LogP contribution >= 0.6 is 0 Å². The lowest BCUT2D eigenvalue weighted by atomic mass is 9.71. The third-order valence-electron chi connectivity index (χ3n) is 3.24. The maximum Gasteiger partial charge on any atom is 0.317 e. The molecule has 3 heteroatoms.